The molecule has 98 valence electrons. The molecule has 3 N–H and O–H groups in total. The van der Waals surface area contributed by atoms with E-state index in [1.807, 2.05) is 6.20 Å². The molecule has 0 aliphatic heterocycles. The van der Waals surface area contributed by atoms with Gasteiger partial charge in [-0.2, -0.15) is 4.98 Å². The first kappa shape index (κ1) is 11.9. The van der Waals surface area contributed by atoms with Gasteiger partial charge >= 0.3 is 0 Å². The number of benzene rings is 1. The predicted octanol–water partition coefficient (Wildman–Crippen LogP) is 1.95. The molecular formula is C14H16N4O. The molecule has 2 aromatic heterocycles. The van der Waals surface area contributed by atoms with Gasteiger partial charge in [0.25, 0.3) is 0 Å². The van der Waals surface area contributed by atoms with Crippen LogP contribution in [0.3, 0.4) is 0 Å². The summed E-state index contributed by atoms with van der Waals surface area (Å²) in [4.78, 5) is 7.49. The van der Waals surface area contributed by atoms with Crippen molar-refractivity contribution >= 4 is 10.9 Å². The summed E-state index contributed by atoms with van der Waals surface area (Å²) in [6, 6.07) is 6.33. The molecule has 0 fully saturated rings. The van der Waals surface area contributed by atoms with Crippen LogP contribution in [-0.2, 0) is 12.8 Å². The third kappa shape index (κ3) is 2.37. The minimum absolute atomic E-state index is 0.599. The Kier molecular flexibility index (Phi) is 3.05. The van der Waals surface area contributed by atoms with Crippen LogP contribution in [0.5, 0.6) is 0 Å². The van der Waals surface area contributed by atoms with Gasteiger partial charge in [0, 0.05) is 30.4 Å². The van der Waals surface area contributed by atoms with E-state index < -0.39 is 0 Å². The van der Waals surface area contributed by atoms with Crippen LogP contribution in [0.4, 0.5) is 0 Å². The number of hydrogen-bond donors (Lipinski definition) is 2. The van der Waals surface area contributed by atoms with Crippen molar-refractivity contribution in [2.24, 2.45) is 5.73 Å². The summed E-state index contributed by atoms with van der Waals surface area (Å²) >= 11 is 0. The van der Waals surface area contributed by atoms with Crippen molar-refractivity contribution in [1.29, 1.82) is 0 Å². The van der Waals surface area contributed by atoms with E-state index >= 15 is 0 Å². The largest absolute Gasteiger partial charge is 0.361 e. The lowest BCUT2D eigenvalue weighted by molar-refractivity contribution is 0.388. The molecule has 0 aliphatic carbocycles. The van der Waals surface area contributed by atoms with Crippen molar-refractivity contribution < 1.29 is 4.52 Å². The van der Waals surface area contributed by atoms with Gasteiger partial charge in [0.2, 0.25) is 5.89 Å². The molecule has 19 heavy (non-hydrogen) atoms. The second-order valence-corrected chi connectivity index (χ2v) is 4.64. The first-order chi connectivity index (χ1) is 9.26. The van der Waals surface area contributed by atoms with Crippen LogP contribution in [0.15, 0.2) is 28.9 Å². The normalized spacial score (nSPS) is 11.3. The maximum Gasteiger partial charge on any atom is 0.223 e. The van der Waals surface area contributed by atoms with Gasteiger partial charge in [-0.1, -0.05) is 11.2 Å². The average molecular weight is 256 g/mol. The van der Waals surface area contributed by atoms with Crippen molar-refractivity contribution in [2.75, 3.05) is 6.54 Å². The second kappa shape index (κ2) is 4.85. The number of aromatic amines is 1. The Morgan fingerprint density at radius 3 is 3.00 bits per heavy atom. The fourth-order valence-corrected chi connectivity index (χ4v) is 2.29. The van der Waals surface area contributed by atoms with Gasteiger partial charge in [-0.15, -0.1) is 0 Å². The molecular weight excluding hydrogens is 240 g/mol. The second-order valence-electron chi connectivity index (χ2n) is 4.64. The molecule has 0 amide bonds. The number of nitrogens with zero attached hydrogens (tertiary/aromatic N) is 2. The first-order valence-electron chi connectivity index (χ1n) is 6.34. The summed E-state index contributed by atoms with van der Waals surface area (Å²) < 4.78 is 4.99. The highest BCUT2D eigenvalue weighted by molar-refractivity contribution is 5.84. The van der Waals surface area contributed by atoms with Crippen LogP contribution in [0.25, 0.3) is 10.9 Å². The highest BCUT2D eigenvalue weighted by Gasteiger charge is 2.07. The summed E-state index contributed by atoms with van der Waals surface area (Å²) in [5, 5.41) is 5.15. The van der Waals surface area contributed by atoms with E-state index in [2.05, 4.69) is 33.3 Å². The molecule has 5 nitrogen and oxygen atoms in total. The summed E-state index contributed by atoms with van der Waals surface area (Å²) in [5.41, 5.74) is 9.19. The molecule has 0 radical (unpaired) electrons. The third-order valence-electron chi connectivity index (χ3n) is 3.18. The van der Waals surface area contributed by atoms with Crippen molar-refractivity contribution in [3.05, 3.63) is 47.2 Å². The molecule has 2 heterocycles. The zero-order valence-electron chi connectivity index (χ0n) is 10.8. The minimum atomic E-state index is 0.599. The van der Waals surface area contributed by atoms with Crippen LogP contribution < -0.4 is 5.73 Å². The molecule has 5 heteroatoms. The van der Waals surface area contributed by atoms with Gasteiger partial charge in [0.1, 0.15) is 0 Å². The highest BCUT2D eigenvalue weighted by atomic mass is 16.5. The molecule has 0 atom stereocenters. The van der Waals surface area contributed by atoms with Crippen LogP contribution in [0.1, 0.15) is 22.8 Å². The maximum atomic E-state index is 5.63. The van der Waals surface area contributed by atoms with Crippen molar-refractivity contribution in [2.45, 2.75) is 19.8 Å². The van der Waals surface area contributed by atoms with Gasteiger partial charge in [-0.25, -0.2) is 0 Å². The Morgan fingerprint density at radius 2 is 2.26 bits per heavy atom. The van der Waals surface area contributed by atoms with E-state index in [0.29, 0.717) is 24.7 Å². The molecule has 0 spiro atoms. The number of aryl methyl sites for hydroxylation is 1. The zero-order chi connectivity index (χ0) is 13.2. The maximum absolute atomic E-state index is 5.63. The van der Waals surface area contributed by atoms with Gasteiger partial charge in [-0.05, 0) is 36.2 Å². The fourth-order valence-electron chi connectivity index (χ4n) is 2.29. The standard InChI is InChI=1S/C14H16N4O/c1-9-17-14(18-19-9)7-10-2-3-13-12(6-10)11(4-5-15)8-16-13/h2-3,6,8,16H,4-5,7,15H2,1H3. The Balaban J connectivity index is 1.93. The Morgan fingerprint density at radius 1 is 1.37 bits per heavy atom. The van der Waals surface area contributed by atoms with Gasteiger partial charge in [0.05, 0.1) is 0 Å². The zero-order valence-corrected chi connectivity index (χ0v) is 10.8. The average Bonchev–Trinajstić information content (AvgIpc) is 2.97. The monoisotopic (exact) mass is 256 g/mol. The van der Waals surface area contributed by atoms with E-state index in [0.717, 1.165) is 11.9 Å². The Labute approximate surface area is 110 Å². The molecule has 3 rings (SSSR count). The quantitative estimate of drug-likeness (QED) is 0.747. The lowest BCUT2D eigenvalue weighted by Crippen LogP contribution is -2.01. The number of fused-ring (bicyclic) bond motifs is 1. The number of nitrogens with two attached hydrogens (primary N) is 1. The van der Waals surface area contributed by atoms with Crippen molar-refractivity contribution in [3.8, 4) is 0 Å². The summed E-state index contributed by atoms with van der Waals surface area (Å²) in [5.74, 6) is 1.31. The van der Waals surface area contributed by atoms with E-state index in [4.69, 9.17) is 10.3 Å². The molecule has 0 saturated heterocycles. The first-order valence-corrected chi connectivity index (χ1v) is 6.34. The third-order valence-corrected chi connectivity index (χ3v) is 3.18. The Bertz CT molecular complexity index is 698. The minimum Gasteiger partial charge on any atom is -0.361 e. The van der Waals surface area contributed by atoms with Crippen LogP contribution in [0, 0.1) is 6.92 Å². The van der Waals surface area contributed by atoms with E-state index in [1.165, 1.54) is 16.5 Å². The predicted molar refractivity (Wildman–Crippen MR) is 72.9 cm³/mol. The summed E-state index contributed by atoms with van der Waals surface area (Å²) in [7, 11) is 0. The van der Waals surface area contributed by atoms with Crippen molar-refractivity contribution in [3.63, 3.8) is 0 Å². The topological polar surface area (TPSA) is 80.7 Å². The number of H-pyrrole nitrogens is 1. The van der Waals surface area contributed by atoms with Crippen LogP contribution >= 0.6 is 0 Å². The van der Waals surface area contributed by atoms with E-state index in [9.17, 15) is 0 Å². The molecule has 0 saturated carbocycles. The van der Waals surface area contributed by atoms with Gasteiger partial charge in [0.15, 0.2) is 5.82 Å². The van der Waals surface area contributed by atoms with Crippen LogP contribution in [0.2, 0.25) is 0 Å². The molecule has 1 aromatic carbocycles. The fraction of sp³-hybridized carbons (Fsp3) is 0.286. The lowest BCUT2D eigenvalue weighted by atomic mass is 10.1. The van der Waals surface area contributed by atoms with Crippen molar-refractivity contribution in [1.82, 2.24) is 15.1 Å². The molecule has 0 unspecified atom stereocenters. The SMILES string of the molecule is Cc1nc(Cc2ccc3[nH]cc(CCN)c3c2)no1. The summed E-state index contributed by atoms with van der Waals surface area (Å²) in [6.07, 6.45) is 3.59. The number of nitrogens with one attached hydrogen (secondary N) is 1. The highest BCUT2D eigenvalue weighted by Crippen LogP contribution is 2.21. The lowest BCUT2D eigenvalue weighted by Gasteiger charge is -2.00. The summed E-state index contributed by atoms with van der Waals surface area (Å²) in [6.45, 7) is 2.45. The molecule has 3 aromatic rings. The van der Waals surface area contributed by atoms with Gasteiger partial charge in [-0.3, -0.25) is 0 Å². The van der Waals surface area contributed by atoms with E-state index in [1.54, 1.807) is 6.92 Å². The number of aromatic nitrogens is 3. The van der Waals surface area contributed by atoms with E-state index in [-0.39, 0.29) is 0 Å². The van der Waals surface area contributed by atoms with Crippen LogP contribution in [-0.4, -0.2) is 21.7 Å². The smallest absolute Gasteiger partial charge is 0.223 e. The molecule has 0 aliphatic rings. The number of rotatable bonds is 4. The molecule has 0 bridgehead atoms. The number of hydrogen-bond acceptors (Lipinski definition) is 4. The van der Waals surface area contributed by atoms with Gasteiger partial charge < -0.3 is 15.2 Å². The Hall–Kier alpha value is -2.14.